The number of hydrogen-bond donors (Lipinski definition) is 0. The monoisotopic (exact) mass is 240 g/mol. The maximum atomic E-state index is 12.2. The summed E-state index contributed by atoms with van der Waals surface area (Å²) in [6, 6.07) is 3.47. The number of carbonyl (C=O) groups excluding carboxylic acids is 1. The van der Waals surface area contributed by atoms with Gasteiger partial charge in [-0.2, -0.15) is 10.5 Å². The van der Waals surface area contributed by atoms with Gasteiger partial charge in [0, 0.05) is 24.8 Å². The van der Waals surface area contributed by atoms with Gasteiger partial charge in [-0.1, -0.05) is 0 Å². The highest BCUT2D eigenvalue weighted by Crippen LogP contribution is 2.04. The van der Waals surface area contributed by atoms with E-state index in [-0.39, 0.29) is 12.8 Å². The molecule has 7 nitrogen and oxygen atoms in total. The summed E-state index contributed by atoms with van der Waals surface area (Å²) < 4.78 is 2.54. The van der Waals surface area contributed by atoms with Crippen LogP contribution in [0.15, 0.2) is 24.8 Å². The number of rotatable bonds is 2. The van der Waals surface area contributed by atoms with Crippen LogP contribution in [0.25, 0.3) is 0 Å². The van der Waals surface area contributed by atoms with Crippen molar-refractivity contribution in [2.45, 2.75) is 12.8 Å². The van der Waals surface area contributed by atoms with Gasteiger partial charge >= 0.3 is 6.03 Å². The zero-order chi connectivity index (χ0) is 13.0. The number of carbonyl (C=O) groups is 1. The number of hydrogen-bond acceptors (Lipinski definition) is 5. The highest BCUT2D eigenvalue weighted by molar-refractivity contribution is 5.80. The first-order chi connectivity index (χ1) is 8.77. The number of nitriles is 2. The molecule has 0 spiro atoms. The van der Waals surface area contributed by atoms with Crippen molar-refractivity contribution >= 4 is 6.03 Å². The SMILES string of the molecule is N#CCc1nccn1C(=O)n1ccnc1CC#N. The highest BCUT2D eigenvalue weighted by Gasteiger charge is 2.15. The molecular weight excluding hydrogens is 232 g/mol. The average Bonchev–Trinajstić information content (AvgIpc) is 2.98. The lowest BCUT2D eigenvalue weighted by Crippen LogP contribution is -2.22. The predicted octanol–water partition coefficient (Wildman–Crippen LogP) is 0.728. The van der Waals surface area contributed by atoms with Gasteiger partial charge in [-0.05, 0) is 0 Å². The van der Waals surface area contributed by atoms with Crippen molar-refractivity contribution < 1.29 is 4.79 Å². The third-order valence-electron chi connectivity index (χ3n) is 2.32. The summed E-state index contributed by atoms with van der Waals surface area (Å²) in [5, 5.41) is 17.3. The fraction of sp³-hybridized carbons (Fsp3) is 0.182. The molecular formula is C11H8N6O. The van der Waals surface area contributed by atoms with Crippen LogP contribution in [0.2, 0.25) is 0 Å². The molecule has 2 aromatic heterocycles. The number of aromatic nitrogens is 4. The minimum Gasteiger partial charge on any atom is -0.254 e. The normalized spacial score (nSPS) is 9.67. The molecule has 0 radical (unpaired) electrons. The van der Waals surface area contributed by atoms with E-state index >= 15 is 0 Å². The van der Waals surface area contributed by atoms with Gasteiger partial charge < -0.3 is 0 Å². The predicted molar refractivity (Wildman–Crippen MR) is 59.3 cm³/mol. The Bertz CT molecular complexity index is 597. The van der Waals surface area contributed by atoms with E-state index < -0.39 is 6.03 Å². The Labute approximate surface area is 103 Å². The molecule has 0 atom stereocenters. The summed E-state index contributed by atoms with van der Waals surface area (Å²) >= 11 is 0. The largest absolute Gasteiger partial charge is 0.339 e. The number of imidazole rings is 2. The fourth-order valence-corrected chi connectivity index (χ4v) is 1.54. The molecule has 0 aliphatic carbocycles. The minimum atomic E-state index is -0.402. The van der Waals surface area contributed by atoms with Crippen molar-refractivity contribution in [2.24, 2.45) is 0 Å². The Hall–Kier alpha value is -2.93. The molecule has 0 aromatic carbocycles. The van der Waals surface area contributed by atoms with Crippen LogP contribution in [0.5, 0.6) is 0 Å². The van der Waals surface area contributed by atoms with Crippen molar-refractivity contribution in [3.05, 3.63) is 36.4 Å². The van der Waals surface area contributed by atoms with Crippen LogP contribution in [0, 0.1) is 22.7 Å². The van der Waals surface area contributed by atoms with Crippen molar-refractivity contribution in [3.63, 3.8) is 0 Å². The molecule has 0 aliphatic heterocycles. The third-order valence-corrected chi connectivity index (χ3v) is 2.32. The Morgan fingerprint density at radius 3 is 1.89 bits per heavy atom. The van der Waals surface area contributed by atoms with Crippen molar-refractivity contribution in [1.29, 1.82) is 10.5 Å². The van der Waals surface area contributed by atoms with E-state index in [4.69, 9.17) is 10.5 Å². The highest BCUT2D eigenvalue weighted by atomic mass is 16.2. The first kappa shape index (κ1) is 11.6. The third kappa shape index (κ3) is 1.97. The molecule has 7 heteroatoms. The Morgan fingerprint density at radius 1 is 1.06 bits per heavy atom. The lowest BCUT2D eigenvalue weighted by Gasteiger charge is -2.06. The zero-order valence-corrected chi connectivity index (χ0v) is 9.32. The van der Waals surface area contributed by atoms with Crippen LogP contribution in [0.3, 0.4) is 0 Å². The van der Waals surface area contributed by atoms with Crippen LogP contribution in [-0.2, 0) is 12.8 Å². The maximum Gasteiger partial charge on any atom is 0.339 e. The summed E-state index contributed by atoms with van der Waals surface area (Å²) in [5.41, 5.74) is 0. The molecule has 0 unspecified atom stereocenters. The van der Waals surface area contributed by atoms with Gasteiger partial charge in [-0.3, -0.25) is 9.13 Å². The van der Waals surface area contributed by atoms with E-state index in [0.29, 0.717) is 11.6 Å². The molecule has 0 saturated carbocycles. The molecule has 0 saturated heterocycles. The van der Waals surface area contributed by atoms with Crippen LogP contribution >= 0.6 is 0 Å². The van der Waals surface area contributed by atoms with Gasteiger partial charge in [-0.25, -0.2) is 14.8 Å². The van der Waals surface area contributed by atoms with Crippen LogP contribution < -0.4 is 0 Å². The molecule has 2 heterocycles. The molecule has 0 fully saturated rings. The Morgan fingerprint density at radius 2 is 1.50 bits per heavy atom. The molecule has 0 N–H and O–H groups in total. The van der Waals surface area contributed by atoms with E-state index in [0.717, 1.165) is 0 Å². The van der Waals surface area contributed by atoms with Gasteiger partial charge in [0.2, 0.25) is 0 Å². The van der Waals surface area contributed by atoms with Gasteiger partial charge in [0.05, 0.1) is 25.0 Å². The van der Waals surface area contributed by atoms with Crippen LogP contribution in [-0.4, -0.2) is 25.1 Å². The Balaban J connectivity index is 2.37. The summed E-state index contributed by atoms with van der Waals surface area (Å²) in [6.07, 6.45) is 5.94. The topological polar surface area (TPSA) is 100 Å². The summed E-state index contributed by atoms with van der Waals surface area (Å²) in [7, 11) is 0. The average molecular weight is 240 g/mol. The minimum absolute atomic E-state index is 0.0427. The lowest BCUT2D eigenvalue weighted by atomic mass is 10.4. The summed E-state index contributed by atoms with van der Waals surface area (Å²) in [6.45, 7) is 0. The van der Waals surface area contributed by atoms with Gasteiger partial charge in [0.25, 0.3) is 0 Å². The van der Waals surface area contributed by atoms with Crippen LogP contribution in [0.1, 0.15) is 11.6 Å². The van der Waals surface area contributed by atoms with E-state index in [9.17, 15) is 4.79 Å². The molecule has 18 heavy (non-hydrogen) atoms. The van der Waals surface area contributed by atoms with E-state index in [1.807, 2.05) is 12.1 Å². The van der Waals surface area contributed by atoms with E-state index in [1.165, 1.54) is 33.9 Å². The first-order valence-corrected chi connectivity index (χ1v) is 5.11. The maximum absolute atomic E-state index is 12.2. The molecule has 88 valence electrons. The van der Waals surface area contributed by atoms with Gasteiger partial charge in [0.1, 0.15) is 11.6 Å². The second-order valence-electron chi connectivity index (χ2n) is 3.38. The summed E-state index contributed by atoms with van der Waals surface area (Å²) in [4.78, 5) is 20.1. The Kier molecular flexibility index (Phi) is 3.17. The van der Waals surface area contributed by atoms with Gasteiger partial charge in [-0.15, -0.1) is 0 Å². The van der Waals surface area contributed by atoms with Crippen molar-refractivity contribution in [2.75, 3.05) is 0 Å². The van der Waals surface area contributed by atoms with Crippen LogP contribution in [0.4, 0.5) is 4.79 Å². The molecule has 0 amide bonds. The summed E-state index contributed by atoms with van der Waals surface area (Å²) in [5.74, 6) is 0.721. The van der Waals surface area contributed by atoms with Crippen molar-refractivity contribution in [3.8, 4) is 12.1 Å². The lowest BCUT2D eigenvalue weighted by molar-refractivity contribution is 0.242. The van der Waals surface area contributed by atoms with E-state index in [1.54, 1.807) is 0 Å². The van der Waals surface area contributed by atoms with Gasteiger partial charge in [0.15, 0.2) is 0 Å². The second kappa shape index (κ2) is 4.93. The molecule has 0 aliphatic rings. The first-order valence-electron chi connectivity index (χ1n) is 5.11. The molecule has 2 aromatic rings. The molecule has 2 rings (SSSR count). The quantitative estimate of drug-likeness (QED) is 0.770. The van der Waals surface area contributed by atoms with Crippen molar-refractivity contribution in [1.82, 2.24) is 19.1 Å². The standard InChI is InChI=1S/C11H8N6O/c12-3-1-9-14-5-7-16(9)11(18)17-8-6-15-10(17)2-4-13/h5-8H,1-2H2. The molecule has 0 bridgehead atoms. The zero-order valence-electron chi connectivity index (χ0n) is 9.32. The smallest absolute Gasteiger partial charge is 0.254 e. The fourth-order valence-electron chi connectivity index (χ4n) is 1.54. The van der Waals surface area contributed by atoms with E-state index in [2.05, 4.69) is 9.97 Å². The second-order valence-corrected chi connectivity index (χ2v) is 3.38. The number of nitrogens with zero attached hydrogens (tertiary/aromatic N) is 6.